The van der Waals surface area contributed by atoms with E-state index in [4.69, 9.17) is 4.74 Å². The average Bonchev–Trinajstić information content (AvgIpc) is 3.27. The molecule has 1 aliphatic rings. The van der Waals surface area contributed by atoms with E-state index in [-0.39, 0.29) is 18.6 Å². The maximum absolute atomic E-state index is 11.9. The molecule has 2 amide bonds. The molecule has 0 spiro atoms. The molecule has 5 nitrogen and oxygen atoms in total. The molecule has 2 rings (SSSR count). The van der Waals surface area contributed by atoms with Crippen LogP contribution in [0.3, 0.4) is 0 Å². The van der Waals surface area contributed by atoms with Crippen LogP contribution in [0.15, 0.2) is 18.2 Å². The Morgan fingerprint density at radius 3 is 2.50 bits per heavy atom. The van der Waals surface area contributed by atoms with Crippen molar-refractivity contribution in [3.8, 4) is 0 Å². The van der Waals surface area contributed by atoms with Crippen molar-refractivity contribution in [2.45, 2.75) is 38.8 Å². The highest BCUT2D eigenvalue weighted by atomic mass is 16.5. The molecule has 1 fully saturated rings. The van der Waals surface area contributed by atoms with Gasteiger partial charge in [-0.2, -0.15) is 0 Å². The second-order valence-electron chi connectivity index (χ2n) is 6.19. The van der Waals surface area contributed by atoms with Crippen molar-refractivity contribution in [1.29, 1.82) is 0 Å². The summed E-state index contributed by atoms with van der Waals surface area (Å²) in [4.78, 5) is 11.9. The molecule has 122 valence electrons. The average molecular weight is 306 g/mol. The fourth-order valence-corrected chi connectivity index (χ4v) is 2.70. The Morgan fingerprint density at radius 1 is 1.32 bits per heavy atom. The zero-order valence-corrected chi connectivity index (χ0v) is 13.6. The van der Waals surface area contributed by atoms with Gasteiger partial charge < -0.3 is 20.5 Å². The fraction of sp³-hybridized carbons (Fsp3) is 0.588. The van der Waals surface area contributed by atoms with Crippen LogP contribution in [0.5, 0.6) is 0 Å². The monoisotopic (exact) mass is 306 g/mol. The number of hydrogen-bond acceptors (Lipinski definition) is 3. The molecule has 0 aromatic heterocycles. The number of urea groups is 1. The molecule has 3 N–H and O–H groups in total. The fourth-order valence-electron chi connectivity index (χ4n) is 2.70. The van der Waals surface area contributed by atoms with Crippen LogP contribution in [-0.2, 0) is 4.74 Å². The maximum Gasteiger partial charge on any atom is 0.315 e. The van der Waals surface area contributed by atoms with Gasteiger partial charge >= 0.3 is 6.03 Å². The van der Waals surface area contributed by atoms with Crippen LogP contribution >= 0.6 is 0 Å². The Kier molecular flexibility index (Phi) is 5.80. The minimum atomic E-state index is -0.703. The number of aliphatic hydroxyl groups is 1. The number of rotatable bonds is 7. The number of carbonyl (C=O) groups is 1. The lowest BCUT2D eigenvalue weighted by atomic mass is 10.0. The number of benzene rings is 1. The second kappa shape index (κ2) is 7.61. The van der Waals surface area contributed by atoms with Crippen LogP contribution in [-0.4, -0.2) is 37.4 Å². The third-order valence-electron chi connectivity index (χ3n) is 3.94. The predicted octanol–water partition coefficient (Wildman–Crippen LogP) is 2.06. The molecule has 0 saturated heterocycles. The summed E-state index contributed by atoms with van der Waals surface area (Å²) in [5, 5.41) is 15.9. The summed E-state index contributed by atoms with van der Waals surface area (Å²) in [6, 6.07) is 5.74. The molecule has 5 heteroatoms. The lowest BCUT2D eigenvalue weighted by molar-refractivity contribution is 0.152. The Balaban J connectivity index is 1.82. The first-order valence-corrected chi connectivity index (χ1v) is 7.79. The molecule has 1 saturated carbocycles. The highest BCUT2D eigenvalue weighted by molar-refractivity contribution is 5.74. The van der Waals surface area contributed by atoms with E-state index in [0.717, 1.165) is 29.5 Å². The predicted molar refractivity (Wildman–Crippen MR) is 85.8 cm³/mol. The number of amides is 2. The van der Waals surface area contributed by atoms with Crippen LogP contribution < -0.4 is 10.6 Å². The molecule has 0 heterocycles. The smallest absolute Gasteiger partial charge is 0.315 e. The maximum atomic E-state index is 11.9. The summed E-state index contributed by atoms with van der Waals surface area (Å²) >= 11 is 0. The first-order valence-electron chi connectivity index (χ1n) is 7.79. The summed E-state index contributed by atoms with van der Waals surface area (Å²) in [5.41, 5.74) is 3.04. The molecule has 2 unspecified atom stereocenters. The van der Waals surface area contributed by atoms with E-state index < -0.39 is 6.10 Å². The van der Waals surface area contributed by atoms with Crippen molar-refractivity contribution in [3.63, 3.8) is 0 Å². The van der Waals surface area contributed by atoms with Crippen LogP contribution in [0.4, 0.5) is 4.79 Å². The Bertz CT molecular complexity index is 494. The molecule has 0 aliphatic heterocycles. The molecule has 0 bridgehead atoms. The first-order chi connectivity index (χ1) is 10.5. The van der Waals surface area contributed by atoms with Crippen molar-refractivity contribution >= 4 is 6.03 Å². The van der Waals surface area contributed by atoms with E-state index in [1.807, 2.05) is 26.0 Å². The molecule has 0 radical (unpaired) electrons. The van der Waals surface area contributed by atoms with Gasteiger partial charge in [0.25, 0.3) is 0 Å². The lowest BCUT2D eigenvalue weighted by Gasteiger charge is -2.19. The molecular weight excluding hydrogens is 280 g/mol. The third-order valence-corrected chi connectivity index (χ3v) is 3.94. The standard InChI is InChI=1S/C17H26N2O3/c1-11-6-12(2)8-14(7-11)16(20)9-18-17(21)19-15(10-22-3)13-4-5-13/h6-8,13,15-16,20H,4-5,9-10H2,1-3H3,(H2,18,19,21). The SMILES string of the molecule is COCC(NC(=O)NCC(O)c1cc(C)cc(C)c1)C1CC1. The number of carbonyl (C=O) groups excluding carboxylic acids is 1. The normalized spacial score (nSPS) is 16.9. The van der Waals surface area contributed by atoms with Crippen LogP contribution in [0, 0.1) is 19.8 Å². The minimum absolute atomic E-state index is 0.0587. The van der Waals surface area contributed by atoms with Gasteiger partial charge in [0.1, 0.15) is 0 Å². The van der Waals surface area contributed by atoms with Gasteiger partial charge in [-0.15, -0.1) is 0 Å². The molecular formula is C17H26N2O3. The molecule has 1 aliphatic carbocycles. The molecule has 1 aromatic carbocycles. The minimum Gasteiger partial charge on any atom is -0.387 e. The number of ether oxygens (including phenoxy) is 1. The number of methoxy groups -OCH3 is 1. The number of hydrogen-bond donors (Lipinski definition) is 3. The molecule has 22 heavy (non-hydrogen) atoms. The van der Waals surface area contributed by atoms with Crippen LogP contribution in [0.2, 0.25) is 0 Å². The highest BCUT2D eigenvalue weighted by Crippen LogP contribution is 2.32. The highest BCUT2D eigenvalue weighted by Gasteiger charge is 2.32. The van der Waals surface area contributed by atoms with Crippen molar-refractivity contribution < 1.29 is 14.6 Å². The lowest BCUT2D eigenvalue weighted by Crippen LogP contribution is -2.46. The zero-order valence-electron chi connectivity index (χ0n) is 13.6. The third kappa shape index (κ3) is 5.00. The van der Waals surface area contributed by atoms with Gasteiger partial charge in [0.05, 0.1) is 18.8 Å². The Hall–Kier alpha value is -1.59. The van der Waals surface area contributed by atoms with Gasteiger partial charge in [-0.3, -0.25) is 0 Å². The van der Waals surface area contributed by atoms with Gasteiger partial charge in [-0.25, -0.2) is 4.79 Å². The van der Waals surface area contributed by atoms with Gasteiger partial charge in [0.15, 0.2) is 0 Å². The van der Waals surface area contributed by atoms with Gasteiger partial charge in [-0.05, 0) is 38.2 Å². The number of aliphatic hydroxyl groups excluding tert-OH is 1. The van der Waals surface area contributed by atoms with Gasteiger partial charge in [0.2, 0.25) is 0 Å². The van der Waals surface area contributed by atoms with E-state index in [2.05, 4.69) is 16.7 Å². The van der Waals surface area contributed by atoms with Gasteiger partial charge in [0, 0.05) is 13.7 Å². The number of nitrogens with one attached hydrogen (secondary N) is 2. The number of aryl methyl sites for hydroxylation is 2. The second-order valence-corrected chi connectivity index (χ2v) is 6.19. The topological polar surface area (TPSA) is 70.6 Å². The summed E-state index contributed by atoms with van der Waals surface area (Å²) in [5.74, 6) is 0.523. The Morgan fingerprint density at radius 2 is 1.95 bits per heavy atom. The van der Waals surface area contributed by atoms with Crippen molar-refractivity contribution in [2.75, 3.05) is 20.3 Å². The summed E-state index contributed by atoms with van der Waals surface area (Å²) in [6.45, 7) is 4.71. The quantitative estimate of drug-likeness (QED) is 0.722. The Labute approximate surface area is 132 Å². The first kappa shape index (κ1) is 16.8. The van der Waals surface area contributed by atoms with Crippen molar-refractivity contribution in [2.24, 2.45) is 5.92 Å². The largest absolute Gasteiger partial charge is 0.387 e. The van der Waals surface area contributed by atoms with E-state index in [1.54, 1.807) is 7.11 Å². The molecule has 1 aromatic rings. The van der Waals surface area contributed by atoms with E-state index in [1.165, 1.54) is 0 Å². The van der Waals surface area contributed by atoms with Crippen LogP contribution in [0.25, 0.3) is 0 Å². The van der Waals surface area contributed by atoms with Crippen molar-refractivity contribution in [1.82, 2.24) is 10.6 Å². The van der Waals surface area contributed by atoms with Gasteiger partial charge in [-0.1, -0.05) is 29.3 Å². The molecule has 2 atom stereocenters. The van der Waals surface area contributed by atoms with E-state index >= 15 is 0 Å². The van der Waals surface area contributed by atoms with E-state index in [9.17, 15) is 9.90 Å². The van der Waals surface area contributed by atoms with E-state index in [0.29, 0.717) is 12.5 Å². The van der Waals surface area contributed by atoms with Crippen LogP contribution in [0.1, 0.15) is 35.6 Å². The summed E-state index contributed by atoms with van der Waals surface area (Å²) < 4.78 is 5.14. The van der Waals surface area contributed by atoms with Crippen molar-refractivity contribution in [3.05, 3.63) is 34.9 Å². The summed E-state index contributed by atoms with van der Waals surface area (Å²) in [6.07, 6.45) is 1.57. The summed E-state index contributed by atoms with van der Waals surface area (Å²) in [7, 11) is 1.64. The zero-order chi connectivity index (χ0) is 16.1.